The van der Waals surface area contributed by atoms with Gasteiger partial charge >= 0.3 is 0 Å². The zero-order chi connectivity index (χ0) is 13.1. The van der Waals surface area contributed by atoms with Crippen molar-refractivity contribution in [2.24, 2.45) is 11.7 Å². The van der Waals surface area contributed by atoms with E-state index in [9.17, 15) is 0 Å². The number of rotatable bonds is 6. The van der Waals surface area contributed by atoms with Gasteiger partial charge in [-0.2, -0.15) is 4.98 Å². The first-order valence-corrected chi connectivity index (χ1v) is 6.05. The molecule has 0 saturated carbocycles. The summed E-state index contributed by atoms with van der Waals surface area (Å²) in [7, 11) is 1.66. The predicted octanol–water partition coefficient (Wildman–Crippen LogP) is 2.04. The van der Waals surface area contributed by atoms with Crippen LogP contribution in [0, 0.1) is 5.92 Å². The van der Waals surface area contributed by atoms with E-state index in [1.165, 1.54) is 0 Å². The van der Waals surface area contributed by atoms with Crippen LogP contribution in [0.2, 0.25) is 0 Å². The monoisotopic (exact) mass is 241 g/mol. The summed E-state index contributed by atoms with van der Waals surface area (Å²) < 4.78 is 10.7. The van der Waals surface area contributed by atoms with Crippen molar-refractivity contribution >= 4 is 0 Å². The van der Waals surface area contributed by atoms with E-state index in [0.29, 0.717) is 24.2 Å². The van der Waals surface area contributed by atoms with Crippen LogP contribution in [0.3, 0.4) is 0 Å². The van der Waals surface area contributed by atoms with Crippen LogP contribution in [0.25, 0.3) is 0 Å². The average Bonchev–Trinajstić information content (AvgIpc) is 2.78. The molecule has 17 heavy (non-hydrogen) atoms. The summed E-state index contributed by atoms with van der Waals surface area (Å²) in [5.41, 5.74) is 5.52. The first kappa shape index (κ1) is 14.1. The van der Waals surface area contributed by atoms with Gasteiger partial charge in [0.1, 0.15) is 6.10 Å². The zero-order valence-electron chi connectivity index (χ0n) is 11.4. The van der Waals surface area contributed by atoms with Gasteiger partial charge in [-0.15, -0.1) is 0 Å². The van der Waals surface area contributed by atoms with Gasteiger partial charge in [0.25, 0.3) is 0 Å². The fourth-order valence-corrected chi connectivity index (χ4v) is 1.65. The Hall–Kier alpha value is -0.940. The van der Waals surface area contributed by atoms with E-state index in [1.807, 2.05) is 6.92 Å². The normalized spacial score (nSPS) is 17.1. The molecule has 2 unspecified atom stereocenters. The Kier molecular flexibility index (Phi) is 4.65. The predicted molar refractivity (Wildman–Crippen MR) is 65.6 cm³/mol. The molecule has 0 aliphatic carbocycles. The van der Waals surface area contributed by atoms with Crippen molar-refractivity contribution in [1.82, 2.24) is 10.1 Å². The van der Waals surface area contributed by atoms with E-state index in [4.69, 9.17) is 15.0 Å². The maximum absolute atomic E-state index is 5.77. The molecule has 5 heteroatoms. The van der Waals surface area contributed by atoms with Crippen molar-refractivity contribution < 1.29 is 9.26 Å². The Labute approximate surface area is 103 Å². The third-order valence-electron chi connectivity index (χ3n) is 3.30. The van der Waals surface area contributed by atoms with Crippen LogP contribution in [0.5, 0.6) is 0 Å². The first-order valence-electron chi connectivity index (χ1n) is 6.05. The van der Waals surface area contributed by atoms with E-state index in [0.717, 1.165) is 6.42 Å². The van der Waals surface area contributed by atoms with Crippen molar-refractivity contribution in [2.45, 2.75) is 45.6 Å². The van der Waals surface area contributed by atoms with Crippen molar-refractivity contribution in [3.8, 4) is 0 Å². The highest BCUT2D eigenvalue weighted by atomic mass is 16.5. The summed E-state index contributed by atoms with van der Waals surface area (Å²) in [6.45, 7) is 8.71. The molecule has 5 nitrogen and oxygen atoms in total. The van der Waals surface area contributed by atoms with E-state index < -0.39 is 0 Å². The standard InChI is InChI=1S/C12H23N3O2/c1-6-12(4,7-13)11-14-10(15-17-11)9(16-5)8(2)3/h8-9H,6-7,13H2,1-5H3. The van der Waals surface area contributed by atoms with Gasteiger partial charge in [-0.1, -0.05) is 25.9 Å². The molecule has 1 heterocycles. The third-order valence-corrected chi connectivity index (χ3v) is 3.30. The Bertz CT molecular complexity index is 345. The quantitative estimate of drug-likeness (QED) is 0.825. The van der Waals surface area contributed by atoms with Gasteiger partial charge < -0.3 is 15.0 Å². The van der Waals surface area contributed by atoms with E-state index in [1.54, 1.807) is 7.11 Å². The molecule has 1 aromatic heterocycles. The molecule has 0 saturated heterocycles. The highest BCUT2D eigenvalue weighted by Gasteiger charge is 2.31. The van der Waals surface area contributed by atoms with Gasteiger partial charge in [0.2, 0.25) is 11.7 Å². The fraction of sp³-hybridized carbons (Fsp3) is 0.833. The minimum Gasteiger partial charge on any atom is -0.373 e. The second kappa shape index (κ2) is 5.60. The largest absolute Gasteiger partial charge is 0.373 e. The van der Waals surface area contributed by atoms with Crippen LogP contribution in [-0.4, -0.2) is 23.8 Å². The van der Waals surface area contributed by atoms with Gasteiger partial charge in [-0.3, -0.25) is 0 Å². The molecule has 0 bridgehead atoms. The molecule has 2 N–H and O–H groups in total. The molecule has 1 rings (SSSR count). The zero-order valence-corrected chi connectivity index (χ0v) is 11.4. The number of hydrogen-bond donors (Lipinski definition) is 1. The van der Waals surface area contributed by atoms with Crippen LogP contribution < -0.4 is 5.73 Å². The number of methoxy groups -OCH3 is 1. The highest BCUT2D eigenvalue weighted by Crippen LogP contribution is 2.28. The van der Waals surface area contributed by atoms with Gasteiger partial charge in [-0.05, 0) is 19.3 Å². The maximum atomic E-state index is 5.77. The molecular weight excluding hydrogens is 218 g/mol. The molecule has 0 radical (unpaired) electrons. The smallest absolute Gasteiger partial charge is 0.233 e. The van der Waals surface area contributed by atoms with Crippen molar-refractivity contribution in [1.29, 1.82) is 0 Å². The van der Waals surface area contributed by atoms with Crippen molar-refractivity contribution in [3.63, 3.8) is 0 Å². The summed E-state index contributed by atoms with van der Waals surface area (Å²) >= 11 is 0. The summed E-state index contributed by atoms with van der Waals surface area (Å²) in [6.07, 6.45) is 0.733. The average molecular weight is 241 g/mol. The Morgan fingerprint density at radius 2 is 2.12 bits per heavy atom. The summed E-state index contributed by atoms with van der Waals surface area (Å²) in [6, 6.07) is 0. The molecule has 0 spiro atoms. The summed E-state index contributed by atoms with van der Waals surface area (Å²) in [5.74, 6) is 1.50. The van der Waals surface area contributed by atoms with Crippen molar-refractivity contribution in [3.05, 3.63) is 11.7 Å². The molecule has 0 fully saturated rings. The van der Waals surface area contributed by atoms with Gasteiger partial charge in [0.15, 0.2) is 0 Å². The molecule has 2 atom stereocenters. The lowest BCUT2D eigenvalue weighted by molar-refractivity contribution is 0.0555. The Balaban J connectivity index is 2.98. The first-order chi connectivity index (χ1) is 7.98. The minimum atomic E-state index is -0.249. The fourth-order valence-electron chi connectivity index (χ4n) is 1.65. The lowest BCUT2D eigenvalue weighted by Crippen LogP contribution is -2.31. The van der Waals surface area contributed by atoms with Gasteiger partial charge in [-0.25, -0.2) is 0 Å². The Morgan fingerprint density at radius 1 is 1.47 bits per heavy atom. The highest BCUT2D eigenvalue weighted by molar-refractivity contribution is 5.05. The summed E-state index contributed by atoms with van der Waals surface area (Å²) in [4.78, 5) is 4.43. The van der Waals surface area contributed by atoms with Crippen LogP contribution in [0.15, 0.2) is 4.52 Å². The van der Waals surface area contributed by atoms with Crippen LogP contribution >= 0.6 is 0 Å². The lowest BCUT2D eigenvalue weighted by Gasteiger charge is -2.20. The van der Waals surface area contributed by atoms with Crippen LogP contribution in [-0.2, 0) is 10.2 Å². The third kappa shape index (κ3) is 2.84. The van der Waals surface area contributed by atoms with Gasteiger partial charge in [0.05, 0.1) is 5.41 Å². The second-order valence-electron chi connectivity index (χ2n) is 4.98. The number of aromatic nitrogens is 2. The van der Waals surface area contributed by atoms with Crippen molar-refractivity contribution in [2.75, 3.05) is 13.7 Å². The molecule has 0 aliphatic rings. The molecule has 0 aliphatic heterocycles. The second-order valence-corrected chi connectivity index (χ2v) is 4.98. The van der Waals surface area contributed by atoms with E-state index in [-0.39, 0.29) is 11.5 Å². The van der Waals surface area contributed by atoms with Gasteiger partial charge in [0, 0.05) is 13.7 Å². The Morgan fingerprint density at radius 3 is 2.53 bits per heavy atom. The number of nitrogens with zero attached hydrogens (tertiary/aromatic N) is 2. The molecule has 98 valence electrons. The maximum Gasteiger partial charge on any atom is 0.233 e. The minimum absolute atomic E-state index is 0.133. The topological polar surface area (TPSA) is 74.2 Å². The number of hydrogen-bond acceptors (Lipinski definition) is 5. The molecular formula is C12H23N3O2. The molecule has 0 amide bonds. The lowest BCUT2D eigenvalue weighted by atomic mass is 9.88. The number of nitrogens with two attached hydrogens (primary N) is 1. The number of ether oxygens (including phenoxy) is 1. The molecule has 1 aromatic rings. The van der Waals surface area contributed by atoms with E-state index >= 15 is 0 Å². The molecule has 0 aromatic carbocycles. The van der Waals surface area contributed by atoms with Crippen LogP contribution in [0.1, 0.15) is 51.9 Å². The SMILES string of the molecule is CCC(C)(CN)c1nc(C(OC)C(C)C)no1. The van der Waals surface area contributed by atoms with Crippen LogP contribution in [0.4, 0.5) is 0 Å². The van der Waals surface area contributed by atoms with E-state index in [2.05, 4.69) is 30.9 Å². The summed E-state index contributed by atoms with van der Waals surface area (Å²) in [5, 5.41) is 4.00.